The van der Waals surface area contributed by atoms with Gasteiger partial charge in [0.05, 0.1) is 30.1 Å². The highest BCUT2D eigenvalue weighted by Gasteiger charge is 2.44. The third kappa shape index (κ3) is 3.83. The summed E-state index contributed by atoms with van der Waals surface area (Å²) in [7, 11) is 0. The molecule has 2 aliphatic heterocycles. The van der Waals surface area contributed by atoms with Crippen molar-refractivity contribution in [2.24, 2.45) is 5.92 Å². The van der Waals surface area contributed by atoms with Gasteiger partial charge in [0.2, 0.25) is 5.91 Å². The maximum absolute atomic E-state index is 12.5. The van der Waals surface area contributed by atoms with Gasteiger partial charge in [0.25, 0.3) is 0 Å². The summed E-state index contributed by atoms with van der Waals surface area (Å²) in [6, 6.07) is 4.52. The Labute approximate surface area is 148 Å². The van der Waals surface area contributed by atoms with Gasteiger partial charge >= 0.3 is 0 Å². The molecule has 0 unspecified atom stereocenters. The van der Waals surface area contributed by atoms with Gasteiger partial charge in [-0.05, 0) is 30.9 Å². The number of likely N-dealkylation sites (tertiary alicyclic amines) is 1. The fourth-order valence-corrected chi connectivity index (χ4v) is 3.85. The molecular formula is C18H26ClN3O2. The van der Waals surface area contributed by atoms with Gasteiger partial charge in [-0.3, -0.25) is 4.79 Å². The molecule has 0 N–H and O–H groups in total. The molecule has 1 amide bonds. The first-order valence-corrected chi connectivity index (χ1v) is 9.19. The van der Waals surface area contributed by atoms with E-state index in [4.69, 9.17) is 16.3 Å². The number of aromatic nitrogens is 1. The average Bonchev–Trinajstić information content (AvgIpc) is 3.14. The van der Waals surface area contributed by atoms with Crippen molar-refractivity contribution in [2.75, 3.05) is 31.2 Å². The van der Waals surface area contributed by atoms with Crippen LogP contribution >= 0.6 is 11.6 Å². The average molecular weight is 352 g/mol. The minimum atomic E-state index is 0.220. The largest absolute Gasteiger partial charge is 0.381 e. The number of hydrogen-bond acceptors (Lipinski definition) is 4. The van der Waals surface area contributed by atoms with E-state index >= 15 is 0 Å². The second-order valence-corrected chi connectivity index (χ2v) is 7.48. The molecule has 2 aliphatic rings. The Balaban J connectivity index is 1.55. The van der Waals surface area contributed by atoms with Gasteiger partial charge in [0, 0.05) is 25.9 Å². The predicted octanol–water partition coefficient (Wildman–Crippen LogP) is 2.98. The number of rotatable bonds is 6. The van der Waals surface area contributed by atoms with Crippen molar-refractivity contribution in [3.63, 3.8) is 0 Å². The number of pyridine rings is 1. The molecule has 0 radical (unpaired) electrons. The minimum Gasteiger partial charge on any atom is -0.381 e. The number of fused-ring (bicyclic) bond motifs is 1. The Morgan fingerprint density at radius 3 is 2.83 bits per heavy atom. The highest BCUT2D eigenvalue weighted by Crippen LogP contribution is 2.34. The molecule has 6 heteroatoms. The highest BCUT2D eigenvalue weighted by molar-refractivity contribution is 6.30. The van der Waals surface area contributed by atoms with Crippen LogP contribution in [0.15, 0.2) is 18.3 Å². The van der Waals surface area contributed by atoms with Gasteiger partial charge in [-0.1, -0.05) is 25.4 Å². The summed E-state index contributed by atoms with van der Waals surface area (Å²) in [6.07, 6.45) is 4.18. The number of anilines is 1. The Hall–Kier alpha value is -1.33. The van der Waals surface area contributed by atoms with E-state index in [0.717, 1.165) is 38.4 Å². The first-order chi connectivity index (χ1) is 11.6. The van der Waals surface area contributed by atoms with E-state index in [1.54, 1.807) is 6.20 Å². The molecule has 2 saturated heterocycles. The molecular weight excluding hydrogens is 326 g/mol. The molecule has 5 nitrogen and oxygen atoms in total. The molecule has 1 aromatic rings. The molecule has 3 rings (SSSR count). The van der Waals surface area contributed by atoms with Crippen LogP contribution in [0.2, 0.25) is 5.02 Å². The Morgan fingerprint density at radius 2 is 2.12 bits per heavy atom. The molecule has 2 atom stereocenters. The van der Waals surface area contributed by atoms with Gasteiger partial charge in [0.15, 0.2) is 0 Å². The molecule has 1 aromatic heterocycles. The molecule has 3 heterocycles. The van der Waals surface area contributed by atoms with Crippen molar-refractivity contribution < 1.29 is 9.53 Å². The van der Waals surface area contributed by atoms with Crippen LogP contribution in [0.4, 0.5) is 5.82 Å². The molecule has 2 fully saturated rings. The minimum absolute atomic E-state index is 0.220. The summed E-state index contributed by atoms with van der Waals surface area (Å²) in [6.45, 7) is 7.25. The first kappa shape index (κ1) is 17.5. The zero-order valence-corrected chi connectivity index (χ0v) is 15.2. The van der Waals surface area contributed by atoms with Gasteiger partial charge in [-0.15, -0.1) is 0 Å². The van der Waals surface area contributed by atoms with Gasteiger partial charge < -0.3 is 14.5 Å². The maximum atomic E-state index is 12.5. The summed E-state index contributed by atoms with van der Waals surface area (Å²) in [5.41, 5.74) is 0. The quantitative estimate of drug-likeness (QED) is 0.739. The number of halogens is 1. The van der Waals surface area contributed by atoms with E-state index < -0.39 is 0 Å². The Kier molecular flexibility index (Phi) is 5.61. The van der Waals surface area contributed by atoms with Gasteiger partial charge in [-0.25, -0.2) is 4.98 Å². The number of amides is 1. The van der Waals surface area contributed by atoms with Crippen LogP contribution < -0.4 is 4.90 Å². The molecule has 24 heavy (non-hydrogen) atoms. The topological polar surface area (TPSA) is 45.7 Å². The van der Waals surface area contributed by atoms with Crippen molar-refractivity contribution in [3.8, 4) is 0 Å². The smallest absolute Gasteiger partial charge is 0.225 e. The number of ether oxygens (including phenoxy) is 1. The summed E-state index contributed by atoms with van der Waals surface area (Å²) >= 11 is 5.93. The maximum Gasteiger partial charge on any atom is 0.225 e. The van der Waals surface area contributed by atoms with Crippen LogP contribution in [0.5, 0.6) is 0 Å². The lowest BCUT2D eigenvalue weighted by molar-refractivity contribution is -0.133. The van der Waals surface area contributed by atoms with Gasteiger partial charge in [0.1, 0.15) is 5.82 Å². The molecule has 0 spiro atoms. The summed E-state index contributed by atoms with van der Waals surface area (Å²) in [4.78, 5) is 21.3. The molecule has 0 bridgehead atoms. The lowest BCUT2D eigenvalue weighted by Gasteiger charge is -2.26. The summed E-state index contributed by atoms with van der Waals surface area (Å²) < 4.78 is 5.56. The van der Waals surface area contributed by atoms with Crippen molar-refractivity contribution in [1.29, 1.82) is 0 Å². The zero-order valence-electron chi connectivity index (χ0n) is 14.4. The van der Waals surface area contributed by atoms with Crippen molar-refractivity contribution in [2.45, 2.75) is 45.2 Å². The summed E-state index contributed by atoms with van der Waals surface area (Å²) in [5, 5.41) is 0.652. The first-order valence-electron chi connectivity index (χ1n) is 8.81. The lowest BCUT2D eigenvalue weighted by atomic mass is 10.1. The van der Waals surface area contributed by atoms with Crippen LogP contribution in [-0.2, 0) is 9.53 Å². The normalized spacial score (nSPS) is 23.2. The van der Waals surface area contributed by atoms with Crippen LogP contribution in [0.1, 0.15) is 33.1 Å². The van der Waals surface area contributed by atoms with E-state index in [0.29, 0.717) is 36.1 Å². The Morgan fingerprint density at radius 1 is 1.33 bits per heavy atom. The standard InChI is InChI=1S/C18H26ClN3O2/c1-13(2)12-24-10-7-18(23)22-9-6-15-16(22)5-8-21(15)17-4-3-14(19)11-20-17/h3-4,11,13,15-16H,5-10,12H2,1-2H3/t15-,16-/m1/s1. The van der Waals surface area contributed by atoms with Crippen LogP contribution in [0.3, 0.4) is 0 Å². The SMILES string of the molecule is CC(C)COCCC(=O)N1CC[C@@H]2[C@H]1CCN2c1ccc(Cl)cn1. The number of carbonyl (C=O) groups excluding carboxylic acids is 1. The number of hydrogen-bond donors (Lipinski definition) is 0. The molecule has 0 aliphatic carbocycles. The van der Waals surface area contributed by atoms with Crippen molar-refractivity contribution in [1.82, 2.24) is 9.88 Å². The number of carbonyl (C=O) groups is 1. The van der Waals surface area contributed by atoms with Crippen LogP contribution in [0, 0.1) is 5.92 Å². The van der Waals surface area contributed by atoms with E-state index in [9.17, 15) is 4.79 Å². The van der Waals surface area contributed by atoms with E-state index in [-0.39, 0.29) is 5.91 Å². The molecule has 132 valence electrons. The second-order valence-electron chi connectivity index (χ2n) is 7.05. The highest BCUT2D eigenvalue weighted by atomic mass is 35.5. The Bertz CT molecular complexity index is 564. The van der Waals surface area contributed by atoms with Crippen molar-refractivity contribution >= 4 is 23.3 Å². The van der Waals surface area contributed by atoms with Crippen LogP contribution in [-0.4, -0.2) is 54.2 Å². The molecule has 0 aromatic carbocycles. The van der Waals surface area contributed by atoms with E-state index in [2.05, 4.69) is 28.6 Å². The third-order valence-electron chi connectivity index (χ3n) is 4.81. The van der Waals surface area contributed by atoms with Crippen molar-refractivity contribution in [3.05, 3.63) is 23.4 Å². The predicted molar refractivity (Wildman–Crippen MR) is 95.4 cm³/mol. The number of nitrogens with zero attached hydrogens (tertiary/aromatic N) is 3. The molecule has 0 saturated carbocycles. The lowest BCUT2D eigenvalue weighted by Crippen LogP contribution is -2.40. The fraction of sp³-hybridized carbons (Fsp3) is 0.667. The third-order valence-corrected chi connectivity index (χ3v) is 5.04. The second kappa shape index (κ2) is 7.70. The van der Waals surface area contributed by atoms with Crippen LogP contribution in [0.25, 0.3) is 0 Å². The summed E-state index contributed by atoms with van der Waals surface area (Å²) in [5.74, 6) is 1.69. The fourth-order valence-electron chi connectivity index (χ4n) is 3.74. The zero-order chi connectivity index (χ0) is 17.1. The monoisotopic (exact) mass is 351 g/mol. The van der Waals surface area contributed by atoms with E-state index in [1.807, 2.05) is 12.1 Å². The van der Waals surface area contributed by atoms with E-state index in [1.165, 1.54) is 0 Å². The van der Waals surface area contributed by atoms with Gasteiger partial charge in [-0.2, -0.15) is 0 Å².